The van der Waals surface area contributed by atoms with Gasteiger partial charge in [-0.2, -0.15) is 0 Å². The molecule has 17 atom stereocenters. The molecule has 0 saturated carbocycles. The minimum Gasteiger partial charge on any atom is -0.444 e. The molecule has 0 aromatic carbocycles. The number of rotatable bonds is 13. The van der Waals surface area contributed by atoms with E-state index in [9.17, 15) is 61.0 Å². The van der Waals surface area contributed by atoms with E-state index in [1.165, 1.54) is 0 Å². The zero-order valence-corrected chi connectivity index (χ0v) is 26.6. The van der Waals surface area contributed by atoms with Gasteiger partial charge in [-0.25, -0.2) is 4.79 Å². The lowest BCUT2D eigenvalue weighted by molar-refractivity contribution is -0.379. The van der Waals surface area contributed by atoms with Crippen LogP contribution in [0, 0.1) is 0 Å². The van der Waals surface area contributed by atoms with Crippen LogP contribution in [0.1, 0.15) is 20.8 Å². The van der Waals surface area contributed by atoms with Gasteiger partial charge in [0.15, 0.2) is 18.9 Å². The molecular weight excluding hydrogens is 654 g/mol. The first kappa shape index (κ1) is 40.8. The highest BCUT2D eigenvalue weighted by molar-refractivity contribution is 5.68. The molecule has 12 N–H and O–H groups in total. The van der Waals surface area contributed by atoms with Crippen molar-refractivity contribution >= 4 is 6.09 Å². The number of aliphatic hydroxyl groups excluding tert-OH is 11. The summed E-state index contributed by atoms with van der Waals surface area (Å²) in [5.41, 5.74) is -0.855. The number of hydrogen-bond acceptors (Lipinski definition) is 19. The van der Waals surface area contributed by atoms with Gasteiger partial charge < -0.3 is 94.6 Å². The van der Waals surface area contributed by atoms with E-state index in [4.69, 9.17) is 33.2 Å². The molecule has 3 saturated heterocycles. The van der Waals surface area contributed by atoms with E-state index in [-0.39, 0.29) is 0 Å². The van der Waals surface area contributed by atoms with Crippen LogP contribution in [0.25, 0.3) is 0 Å². The monoisotopic (exact) mass is 703 g/mol. The summed E-state index contributed by atoms with van der Waals surface area (Å²) in [5, 5.41) is 116. The summed E-state index contributed by atoms with van der Waals surface area (Å²) in [5.74, 6) is 0. The molecule has 3 heterocycles. The van der Waals surface area contributed by atoms with Crippen LogP contribution in [0.2, 0.25) is 0 Å². The Balaban J connectivity index is 1.66. The summed E-state index contributed by atoms with van der Waals surface area (Å²) in [7, 11) is 0. The lowest BCUT2D eigenvalue weighted by atomic mass is 9.96. The first-order valence-electron chi connectivity index (χ1n) is 15.3. The van der Waals surface area contributed by atoms with Gasteiger partial charge in [0, 0.05) is 0 Å². The summed E-state index contributed by atoms with van der Waals surface area (Å²) >= 11 is 0. The number of alkyl carbamates (subject to hydrolysis) is 1. The standard InChI is InChI=1S/C28H49NO19/c1-5-11(33)10(29-27(41)48-28(2,3)4)9-42-24-20(39)17(36)22(13(7-31)44-24)47-26-21(40)18(37)23(14(8-32)45-26)46-25-19(38)16(35)15(34)12(6-30)43-25/h5,10-26,30-40H,1,6-9H2,2-4H3,(H,29,41)/t10-,11+,12?,13?,14?,15-,16-,17+,18+,19-,20-,21-,22+,23-,24?,25?,26?/m0/s1. The van der Waals surface area contributed by atoms with Gasteiger partial charge >= 0.3 is 6.09 Å². The summed E-state index contributed by atoms with van der Waals surface area (Å²) in [6, 6.07) is -1.15. The summed E-state index contributed by atoms with van der Waals surface area (Å²) < 4.78 is 38.2. The Kier molecular flexibility index (Phi) is 14.9. The van der Waals surface area contributed by atoms with Crippen LogP contribution in [0.15, 0.2) is 12.7 Å². The third-order valence-corrected chi connectivity index (χ3v) is 7.87. The van der Waals surface area contributed by atoms with Crippen LogP contribution in [0.3, 0.4) is 0 Å². The molecule has 48 heavy (non-hydrogen) atoms. The van der Waals surface area contributed by atoms with Gasteiger partial charge in [0.2, 0.25) is 0 Å². The normalized spacial score (nSPS) is 42.1. The number of aliphatic hydroxyl groups is 11. The molecule has 3 rings (SSSR count). The van der Waals surface area contributed by atoms with Gasteiger partial charge in [-0.1, -0.05) is 6.08 Å². The quantitative estimate of drug-likeness (QED) is 0.0794. The van der Waals surface area contributed by atoms with Gasteiger partial charge in [0.25, 0.3) is 0 Å². The second-order valence-corrected chi connectivity index (χ2v) is 12.6. The number of hydrogen-bond donors (Lipinski definition) is 12. The fraction of sp³-hybridized carbons (Fsp3) is 0.893. The van der Waals surface area contributed by atoms with E-state index in [2.05, 4.69) is 11.9 Å². The minimum absolute atomic E-state index is 0.491. The molecular formula is C28H49NO19. The maximum absolute atomic E-state index is 12.2. The number of carbonyl (C=O) groups excluding carboxylic acids is 1. The average Bonchev–Trinajstić information content (AvgIpc) is 3.03. The average molecular weight is 704 g/mol. The molecule has 1 amide bonds. The Morgan fingerprint density at radius 1 is 0.729 bits per heavy atom. The van der Waals surface area contributed by atoms with Gasteiger partial charge in [0.05, 0.1) is 38.6 Å². The number of amides is 1. The van der Waals surface area contributed by atoms with Crippen molar-refractivity contribution < 1.29 is 94.1 Å². The molecule has 0 spiro atoms. The molecule has 3 aliphatic rings. The lowest BCUT2D eigenvalue weighted by Gasteiger charge is -2.48. The molecule has 0 bridgehead atoms. The Bertz CT molecular complexity index is 1010. The van der Waals surface area contributed by atoms with Crippen molar-refractivity contribution in [3.05, 3.63) is 12.7 Å². The smallest absolute Gasteiger partial charge is 0.408 e. The minimum atomic E-state index is -1.99. The molecule has 0 aliphatic carbocycles. The molecule has 0 radical (unpaired) electrons. The third kappa shape index (κ3) is 9.76. The SMILES string of the molecule is C=C[C@@H](O)[C@H](COC1OC(CO)[C@@H](OC2OC(CO)[C@H](OC3OC(CO)[C@H](O)[C@H](O)[C@@H]3O)[C@H](O)[C@@H]2O)[C@H](O)[C@@H]1O)NC(=O)OC(C)(C)C. The van der Waals surface area contributed by atoms with Crippen LogP contribution in [0.4, 0.5) is 4.79 Å². The summed E-state index contributed by atoms with van der Waals surface area (Å²) in [6.45, 7) is 5.38. The first-order valence-corrected chi connectivity index (χ1v) is 15.3. The summed E-state index contributed by atoms with van der Waals surface area (Å²) in [6.07, 6.45) is -27.0. The molecule has 20 nitrogen and oxygen atoms in total. The van der Waals surface area contributed by atoms with Crippen LogP contribution >= 0.6 is 0 Å². The zero-order chi connectivity index (χ0) is 36.1. The largest absolute Gasteiger partial charge is 0.444 e. The fourth-order valence-electron chi connectivity index (χ4n) is 5.23. The van der Waals surface area contributed by atoms with Crippen molar-refractivity contribution in [3.8, 4) is 0 Å². The maximum atomic E-state index is 12.2. The van der Waals surface area contributed by atoms with Crippen molar-refractivity contribution in [3.63, 3.8) is 0 Å². The highest BCUT2D eigenvalue weighted by Gasteiger charge is 2.53. The Hall–Kier alpha value is -1.67. The van der Waals surface area contributed by atoms with Crippen molar-refractivity contribution in [2.75, 3.05) is 26.4 Å². The van der Waals surface area contributed by atoms with E-state index in [0.29, 0.717) is 0 Å². The van der Waals surface area contributed by atoms with Crippen molar-refractivity contribution in [1.29, 1.82) is 0 Å². The van der Waals surface area contributed by atoms with E-state index < -0.39 is 142 Å². The third-order valence-electron chi connectivity index (χ3n) is 7.87. The molecule has 3 aliphatic heterocycles. The maximum Gasteiger partial charge on any atom is 0.408 e. The second kappa shape index (κ2) is 17.5. The van der Waals surface area contributed by atoms with Crippen LogP contribution in [-0.2, 0) is 33.2 Å². The van der Waals surface area contributed by atoms with Gasteiger partial charge in [0.1, 0.15) is 78.8 Å². The lowest BCUT2D eigenvalue weighted by Crippen LogP contribution is -2.66. The summed E-state index contributed by atoms with van der Waals surface area (Å²) in [4.78, 5) is 12.2. The van der Waals surface area contributed by atoms with Gasteiger partial charge in [-0.3, -0.25) is 0 Å². The molecule has 0 aromatic heterocycles. The Morgan fingerprint density at radius 2 is 1.17 bits per heavy atom. The molecule has 6 unspecified atom stereocenters. The van der Waals surface area contributed by atoms with Gasteiger partial charge in [-0.05, 0) is 20.8 Å². The van der Waals surface area contributed by atoms with Crippen LogP contribution in [0.5, 0.6) is 0 Å². The van der Waals surface area contributed by atoms with E-state index >= 15 is 0 Å². The molecule has 3 fully saturated rings. The van der Waals surface area contributed by atoms with E-state index in [0.717, 1.165) is 6.08 Å². The number of nitrogens with one attached hydrogen (secondary N) is 1. The number of carbonyl (C=O) groups is 1. The first-order chi connectivity index (χ1) is 22.5. The van der Waals surface area contributed by atoms with Crippen molar-refractivity contribution in [1.82, 2.24) is 5.32 Å². The number of ether oxygens (including phenoxy) is 7. The second-order valence-electron chi connectivity index (χ2n) is 12.6. The van der Waals surface area contributed by atoms with Crippen LogP contribution < -0.4 is 5.32 Å². The zero-order valence-electron chi connectivity index (χ0n) is 26.6. The predicted molar refractivity (Wildman–Crippen MR) is 154 cm³/mol. The fourth-order valence-corrected chi connectivity index (χ4v) is 5.23. The van der Waals surface area contributed by atoms with Crippen molar-refractivity contribution in [2.24, 2.45) is 0 Å². The highest BCUT2D eigenvalue weighted by atomic mass is 16.8. The highest BCUT2D eigenvalue weighted by Crippen LogP contribution is 2.32. The Morgan fingerprint density at radius 3 is 1.62 bits per heavy atom. The Labute approximate surface area is 275 Å². The topological polar surface area (TPSA) is 316 Å². The van der Waals surface area contributed by atoms with E-state index in [1.54, 1.807) is 20.8 Å². The van der Waals surface area contributed by atoms with Gasteiger partial charge in [-0.15, -0.1) is 6.58 Å². The predicted octanol–water partition coefficient (Wildman–Crippen LogP) is -6.11. The molecule has 0 aromatic rings. The molecule has 280 valence electrons. The van der Waals surface area contributed by atoms with E-state index in [1.807, 2.05) is 0 Å². The molecule has 20 heteroatoms. The van der Waals surface area contributed by atoms with Crippen LogP contribution in [-0.4, -0.2) is 199 Å². The van der Waals surface area contributed by atoms with Crippen molar-refractivity contribution in [2.45, 2.75) is 131 Å².